The standard InChI is InChI=1S/C23H27NO7S/c1-16(25)17-8-10-19(21(14-17)30-3)31-23(26)18-9-11-20(29-2)22(15-18)32(27,28)24-12-6-4-5-7-13-24/h8-11,14-15H,4-7,12-13H2,1-3H3. The fraction of sp³-hybridized carbons (Fsp3) is 0.391. The van der Waals surface area contributed by atoms with Gasteiger partial charge in [-0.15, -0.1) is 0 Å². The van der Waals surface area contributed by atoms with Crippen LogP contribution in [0.1, 0.15) is 53.3 Å². The van der Waals surface area contributed by atoms with Crippen molar-refractivity contribution in [1.29, 1.82) is 0 Å². The van der Waals surface area contributed by atoms with Crippen LogP contribution >= 0.6 is 0 Å². The van der Waals surface area contributed by atoms with Gasteiger partial charge in [0.2, 0.25) is 10.0 Å². The number of methoxy groups -OCH3 is 2. The number of nitrogens with zero attached hydrogens (tertiary/aromatic N) is 1. The lowest BCUT2D eigenvalue weighted by Gasteiger charge is -2.21. The average molecular weight is 462 g/mol. The molecule has 0 N–H and O–H groups in total. The Morgan fingerprint density at radius 2 is 1.41 bits per heavy atom. The van der Waals surface area contributed by atoms with E-state index in [4.69, 9.17) is 14.2 Å². The topological polar surface area (TPSA) is 99.2 Å². The Balaban J connectivity index is 1.92. The first-order valence-electron chi connectivity index (χ1n) is 10.4. The van der Waals surface area contributed by atoms with Gasteiger partial charge in [0.25, 0.3) is 0 Å². The van der Waals surface area contributed by atoms with Crippen molar-refractivity contribution in [1.82, 2.24) is 4.31 Å². The van der Waals surface area contributed by atoms with Crippen molar-refractivity contribution in [2.75, 3.05) is 27.3 Å². The Morgan fingerprint density at radius 1 is 0.812 bits per heavy atom. The number of carbonyl (C=O) groups excluding carboxylic acids is 2. The summed E-state index contributed by atoms with van der Waals surface area (Å²) in [5.41, 5.74) is 0.467. The maximum Gasteiger partial charge on any atom is 0.343 e. The van der Waals surface area contributed by atoms with Crippen molar-refractivity contribution in [3.63, 3.8) is 0 Å². The van der Waals surface area contributed by atoms with Gasteiger partial charge in [0.1, 0.15) is 10.6 Å². The third-order valence-electron chi connectivity index (χ3n) is 5.35. The summed E-state index contributed by atoms with van der Waals surface area (Å²) in [6.45, 7) is 2.28. The molecule has 2 aromatic carbocycles. The molecule has 0 unspecified atom stereocenters. The van der Waals surface area contributed by atoms with Crippen LogP contribution in [0.4, 0.5) is 0 Å². The second-order valence-corrected chi connectivity index (χ2v) is 9.40. The average Bonchev–Trinajstić information content (AvgIpc) is 3.09. The minimum atomic E-state index is -3.85. The van der Waals surface area contributed by atoms with Crippen LogP contribution in [0.2, 0.25) is 0 Å². The van der Waals surface area contributed by atoms with Crippen molar-refractivity contribution in [2.45, 2.75) is 37.5 Å². The predicted octanol–water partition coefficient (Wildman–Crippen LogP) is 3.69. The minimum Gasteiger partial charge on any atom is -0.495 e. The van der Waals surface area contributed by atoms with Crippen molar-refractivity contribution in [3.8, 4) is 17.2 Å². The first-order valence-corrected chi connectivity index (χ1v) is 11.8. The van der Waals surface area contributed by atoms with Gasteiger partial charge in [0, 0.05) is 18.7 Å². The molecule has 0 aliphatic carbocycles. The fourth-order valence-corrected chi connectivity index (χ4v) is 5.25. The Morgan fingerprint density at radius 3 is 2.00 bits per heavy atom. The van der Waals surface area contributed by atoms with Crippen molar-refractivity contribution in [2.24, 2.45) is 0 Å². The Bertz CT molecular complexity index is 1100. The number of ether oxygens (including phenoxy) is 3. The van der Waals surface area contributed by atoms with Gasteiger partial charge in [0.15, 0.2) is 17.3 Å². The molecule has 1 aliphatic rings. The number of ketones is 1. The molecule has 32 heavy (non-hydrogen) atoms. The first kappa shape index (κ1) is 23.7. The van der Waals surface area contributed by atoms with Gasteiger partial charge in [-0.2, -0.15) is 4.31 Å². The quantitative estimate of drug-likeness (QED) is 0.352. The number of hydrogen-bond acceptors (Lipinski definition) is 7. The fourth-order valence-electron chi connectivity index (χ4n) is 3.56. The summed E-state index contributed by atoms with van der Waals surface area (Å²) in [7, 11) is -1.06. The molecule has 1 fully saturated rings. The maximum absolute atomic E-state index is 13.3. The Labute approximate surface area is 188 Å². The Kier molecular flexibility index (Phi) is 7.52. The SMILES string of the molecule is COc1cc(C(C)=O)ccc1OC(=O)c1ccc(OC)c(S(=O)(=O)N2CCCCCC2)c1. The number of carbonyl (C=O) groups is 2. The molecule has 0 spiro atoms. The van der Waals surface area contributed by atoms with E-state index in [0.717, 1.165) is 25.7 Å². The van der Waals surface area contributed by atoms with Crippen LogP contribution in [-0.4, -0.2) is 51.8 Å². The highest BCUT2D eigenvalue weighted by molar-refractivity contribution is 7.89. The van der Waals surface area contributed by atoms with Gasteiger partial charge in [-0.05, 0) is 56.2 Å². The third-order valence-corrected chi connectivity index (χ3v) is 7.27. The van der Waals surface area contributed by atoms with E-state index < -0.39 is 16.0 Å². The van der Waals surface area contributed by atoms with Crippen molar-refractivity contribution >= 4 is 21.8 Å². The summed E-state index contributed by atoms with van der Waals surface area (Å²) in [6.07, 6.45) is 3.55. The highest BCUT2D eigenvalue weighted by atomic mass is 32.2. The van der Waals surface area contributed by atoms with Crippen LogP contribution in [0.25, 0.3) is 0 Å². The molecule has 1 heterocycles. The Hall–Kier alpha value is -2.91. The molecule has 0 saturated carbocycles. The molecule has 0 bridgehead atoms. The summed E-state index contributed by atoms with van der Waals surface area (Å²) in [4.78, 5) is 24.3. The van der Waals surface area contributed by atoms with Crippen LogP contribution in [-0.2, 0) is 10.0 Å². The third kappa shape index (κ3) is 5.11. The number of sulfonamides is 1. The molecule has 172 valence electrons. The zero-order chi connectivity index (χ0) is 23.3. The lowest BCUT2D eigenvalue weighted by atomic mass is 10.1. The highest BCUT2D eigenvalue weighted by Crippen LogP contribution is 2.32. The molecule has 1 aliphatic heterocycles. The van der Waals surface area contributed by atoms with Crippen molar-refractivity contribution in [3.05, 3.63) is 47.5 Å². The molecule has 2 aromatic rings. The molecule has 9 heteroatoms. The van der Waals surface area contributed by atoms with Gasteiger partial charge in [-0.3, -0.25) is 4.79 Å². The van der Waals surface area contributed by atoms with E-state index in [2.05, 4.69) is 0 Å². The molecular formula is C23H27NO7S. The maximum atomic E-state index is 13.3. The number of hydrogen-bond donors (Lipinski definition) is 0. The largest absolute Gasteiger partial charge is 0.495 e. The van der Waals surface area contributed by atoms with E-state index in [1.54, 1.807) is 0 Å². The number of Topliss-reactive ketones (excluding diaryl/α,β-unsaturated/α-hetero) is 1. The monoisotopic (exact) mass is 461 g/mol. The minimum absolute atomic E-state index is 0.0527. The highest BCUT2D eigenvalue weighted by Gasteiger charge is 2.29. The molecule has 1 saturated heterocycles. The van der Waals surface area contributed by atoms with Crippen LogP contribution in [0, 0.1) is 0 Å². The second kappa shape index (κ2) is 10.1. The summed E-state index contributed by atoms with van der Waals surface area (Å²) >= 11 is 0. The zero-order valence-corrected chi connectivity index (χ0v) is 19.2. The molecular weight excluding hydrogens is 434 g/mol. The normalized spacial score (nSPS) is 15.0. The van der Waals surface area contributed by atoms with Crippen molar-refractivity contribution < 1.29 is 32.2 Å². The van der Waals surface area contributed by atoms with Crippen LogP contribution < -0.4 is 14.2 Å². The summed E-state index contributed by atoms with van der Waals surface area (Å²) in [5.74, 6) is -0.407. The van der Waals surface area contributed by atoms with Gasteiger partial charge in [-0.1, -0.05) is 12.8 Å². The van der Waals surface area contributed by atoms with E-state index in [1.165, 1.54) is 61.8 Å². The lowest BCUT2D eigenvalue weighted by Crippen LogP contribution is -2.32. The van der Waals surface area contributed by atoms with Crippen LogP contribution in [0.5, 0.6) is 17.2 Å². The molecule has 0 radical (unpaired) electrons. The van der Waals surface area contributed by atoms with Gasteiger partial charge >= 0.3 is 5.97 Å². The number of rotatable bonds is 7. The number of esters is 1. The smallest absolute Gasteiger partial charge is 0.343 e. The summed E-state index contributed by atoms with van der Waals surface area (Å²) in [5, 5.41) is 0. The zero-order valence-electron chi connectivity index (χ0n) is 18.4. The molecule has 3 rings (SSSR count). The van der Waals surface area contributed by atoms with E-state index in [1.807, 2.05) is 0 Å². The number of benzene rings is 2. The van der Waals surface area contributed by atoms with Crippen LogP contribution in [0.15, 0.2) is 41.3 Å². The van der Waals surface area contributed by atoms with E-state index >= 15 is 0 Å². The first-order chi connectivity index (χ1) is 15.3. The second-order valence-electron chi connectivity index (χ2n) is 7.50. The molecule has 0 amide bonds. The molecule has 0 atom stereocenters. The van der Waals surface area contributed by atoms with E-state index in [-0.39, 0.29) is 33.5 Å². The van der Waals surface area contributed by atoms with Gasteiger partial charge in [-0.25, -0.2) is 13.2 Å². The van der Waals surface area contributed by atoms with Crippen LogP contribution in [0.3, 0.4) is 0 Å². The van der Waals surface area contributed by atoms with E-state index in [0.29, 0.717) is 18.7 Å². The van der Waals surface area contributed by atoms with Gasteiger partial charge < -0.3 is 14.2 Å². The van der Waals surface area contributed by atoms with E-state index in [9.17, 15) is 18.0 Å². The summed E-state index contributed by atoms with van der Waals surface area (Å²) < 4.78 is 44.0. The predicted molar refractivity (Wildman–Crippen MR) is 118 cm³/mol. The molecule has 0 aromatic heterocycles. The van der Waals surface area contributed by atoms with Gasteiger partial charge in [0.05, 0.1) is 19.8 Å². The summed E-state index contributed by atoms with van der Waals surface area (Å²) in [6, 6.07) is 8.63. The lowest BCUT2D eigenvalue weighted by molar-refractivity contribution is 0.0729. The molecule has 8 nitrogen and oxygen atoms in total.